The van der Waals surface area contributed by atoms with Crippen LogP contribution in [0, 0.1) is 5.82 Å². The molecule has 3 atom stereocenters. The highest BCUT2D eigenvalue weighted by atomic mass is 32.2. The summed E-state index contributed by atoms with van der Waals surface area (Å²) in [7, 11) is 0.0363. The van der Waals surface area contributed by atoms with Crippen LogP contribution in [-0.2, 0) is 17.1 Å². The second-order valence-electron chi connectivity index (χ2n) is 9.56. The number of carbonyl (C=O) groups excluding carboxylic acids is 2. The molecule has 0 spiro atoms. The summed E-state index contributed by atoms with van der Waals surface area (Å²) >= 11 is 0. The number of carbonyl (C=O) groups is 2. The summed E-state index contributed by atoms with van der Waals surface area (Å²) in [5, 5.41) is 6.41. The summed E-state index contributed by atoms with van der Waals surface area (Å²) in [6.45, 7) is 1.71. The predicted octanol–water partition coefficient (Wildman–Crippen LogP) is 4.32. The molecule has 42 heavy (non-hydrogen) atoms. The van der Waals surface area contributed by atoms with Crippen LogP contribution in [0.1, 0.15) is 29.3 Å². The van der Waals surface area contributed by atoms with E-state index in [0.29, 0.717) is 17.0 Å². The first-order valence-corrected chi connectivity index (χ1v) is 14.6. The Morgan fingerprint density at radius 1 is 1.21 bits per heavy atom. The third kappa shape index (κ3) is 7.84. The Balaban J connectivity index is 1.39. The minimum Gasteiger partial charge on any atom is -0.471 e. The number of pyridine rings is 1. The lowest BCUT2D eigenvalue weighted by Crippen LogP contribution is -2.49. The minimum absolute atomic E-state index is 0.0363. The predicted molar refractivity (Wildman–Crippen MR) is 147 cm³/mol. The second-order valence-corrected chi connectivity index (χ2v) is 11.7. The normalized spacial score (nSPS) is 18.1. The van der Waals surface area contributed by atoms with Crippen molar-refractivity contribution in [3.8, 4) is 22.8 Å². The number of nitrogens with two attached hydrogens (primary N) is 1. The number of likely N-dealkylation sites (tertiary alicyclic amines) is 1. The van der Waals surface area contributed by atoms with Gasteiger partial charge < -0.3 is 20.1 Å². The number of ether oxygens (including phenoxy) is 2. The lowest BCUT2D eigenvalue weighted by atomic mass is 10.0. The van der Waals surface area contributed by atoms with Crippen LogP contribution < -0.4 is 15.2 Å². The van der Waals surface area contributed by atoms with Crippen molar-refractivity contribution >= 4 is 27.7 Å². The van der Waals surface area contributed by atoms with Crippen molar-refractivity contribution in [1.29, 1.82) is 0 Å². The molecule has 0 saturated carbocycles. The molecule has 226 valence electrons. The van der Waals surface area contributed by atoms with Crippen LogP contribution in [0.3, 0.4) is 0 Å². The van der Waals surface area contributed by atoms with Gasteiger partial charge in [-0.2, -0.15) is 15.6 Å². The Morgan fingerprint density at radius 2 is 1.98 bits per heavy atom. The van der Waals surface area contributed by atoms with Gasteiger partial charge in [0.1, 0.15) is 11.7 Å². The van der Waals surface area contributed by atoms with Gasteiger partial charge in [-0.25, -0.2) is 13.8 Å². The fraction of sp³-hybridized carbons (Fsp3) is 0.370. The molecule has 2 amide bonds. The number of benzene rings is 1. The number of alkyl halides is 4. The minimum atomic E-state index is -5.06. The summed E-state index contributed by atoms with van der Waals surface area (Å²) < 4.78 is 77.3. The summed E-state index contributed by atoms with van der Waals surface area (Å²) in [5.41, 5.74) is 6.90. The van der Waals surface area contributed by atoms with E-state index >= 15 is 4.39 Å². The molecule has 1 saturated heterocycles. The number of amides is 2. The van der Waals surface area contributed by atoms with E-state index in [1.807, 2.05) is 13.1 Å². The lowest BCUT2D eigenvalue weighted by Gasteiger charge is -2.34. The van der Waals surface area contributed by atoms with E-state index in [1.165, 1.54) is 17.2 Å². The molecule has 1 aliphatic heterocycles. The van der Waals surface area contributed by atoms with E-state index in [2.05, 4.69) is 26.4 Å². The standard InChI is InChI=1S/C27H28F5N5O4S/c1-3-42(2)15-37-13-18(12-35-37)17-10-19(25(33)39)26(34-11-17)40-22-6-7-36(14-21(22)29)24(38)9-16-4-5-23(20(28)8-16)41-27(30,31)32/h3-5,8,10-13,21-22H,6-7,9,14-15H2,1-2H3,(H2,33,39). The highest BCUT2D eigenvalue weighted by Gasteiger charge is 2.35. The number of aromatic nitrogens is 3. The van der Waals surface area contributed by atoms with Crippen molar-refractivity contribution in [3.05, 3.63) is 59.8 Å². The van der Waals surface area contributed by atoms with Gasteiger partial charge in [0.2, 0.25) is 11.8 Å². The van der Waals surface area contributed by atoms with E-state index in [1.54, 1.807) is 10.9 Å². The molecule has 0 aliphatic carbocycles. The Kier molecular flexibility index (Phi) is 9.49. The van der Waals surface area contributed by atoms with Crippen molar-refractivity contribution in [1.82, 2.24) is 19.7 Å². The maximum absolute atomic E-state index is 15.1. The average Bonchev–Trinajstić information content (AvgIpc) is 3.39. The summed E-state index contributed by atoms with van der Waals surface area (Å²) in [5.74, 6) is -3.10. The van der Waals surface area contributed by atoms with E-state index in [0.717, 1.165) is 18.2 Å². The number of piperidine rings is 1. The first-order valence-electron chi connectivity index (χ1n) is 12.7. The zero-order chi connectivity index (χ0) is 30.6. The van der Waals surface area contributed by atoms with Crippen LogP contribution in [0.25, 0.3) is 11.1 Å². The first-order chi connectivity index (χ1) is 19.8. The number of hydrogen-bond donors (Lipinski definition) is 1. The first kappa shape index (κ1) is 30.9. The maximum Gasteiger partial charge on any atom is 0.573 e. The van der Waals surface area contributed by atoms with E-state index in [4.69, 9.17) is 10.5 Å². The molecule has 2 N–H and O–H groups in total. The third-order valence-corrected chi connectivity index (χ3v) is 7.97. The van der Waals surface area contributed by atoms with Crippen molar-refractivity contribution in [3.63, 3.8) is 0 Å². The Labute approximate surface area is 240 Å². The van der Waals surface area contributed by atoms with Crippen molar-refractivity contribution < 1.29 is 41.0 Å². The van der Waals surface area contributed by atoms with E-state index < -0.39 is 42.0 Å². The monoisotopic (exact) mass is 613 g/mol. The topological polar surface area (TPSA) is 113 Å². The average molecular weight is 614 g/mol. The second kappa shape index (κ2) is 12.9. The molecule has 3 heterocycles. The lowest BCUT2D eigenvalue weighted by molar-refractivity contribution is -0.275. The Morgan fingerprint density at radius 3 is 2.62 bits per heavy atom. The number of rotatable bonds is 9. The van der Waals surface area contributed by atoms with Gasteiger partial charge in [0.15, 0.2) is 17.7 Å². The van der Waals surface area contributed by atoms with Crippen LogP contribution >= 0.6 is 10.5 Å². The molecular weight excluding hydrogens is 585 g/mol. The van der Waals surface area contributed by atoms with Crippen molar-refractivity contribution in [2.45, 2.75) is 44.3 Å². The van der Waals surface area contributed by atoms with Gasteiger partial charge in [-0.1, -0.05) is 11.4 Å². The smallest absolute Gasteiger partial charge is 0.471 e. The molecule has 3 unspecified atom stereocenters. The van der Waals surface area contributed by atoms with Crippen LogP contribution in [0.5, 0.6) is 11.6 Å². The van der Waals surface area contributed by atoms with Crippen LogP contribution in [0.15, 0.2) is 42.9 Å². The molecule has 0 bridgehead atoms. The van der Waals surface area contributed by atoms with Crippen LogP contribution in [-0.4, -0.2) is 74.8 Å². The Bertz CT molecular complexity index is 1500. The molecule has 1 aliphatic rings. The summed E-state index contributed by atoms with van der Waals surface area (Å²) in [4.78, 5) is 30.3. The fourth-order valence-electron chi connectivity index (χ4n) is 4.28. The SMILES string of the molecule is C/C=S(\C)Cn1cc(-c2cnc(OC3CCN(C(=O)Cc4ccc(OC(F)(F)F)c(F)c4)CC3F)c(C(N)=O)c2)cn1. The number of hydrogen-bond acceptors (Lipinski definition) is 6. The maximum atomic E-state index is 15.1. The molecule has 2 aromatic heterocycles. The van der Waals surface area contributed by atoms with Crippen molar-refractivity contribution in [2.24, 2.45) is 5.73 Å². The number of primary amides is 1. The third-order valence-electron chi connectivity index (χ3n) is 6.50. The number of halogens is 5. The highest BCUT2D eigenvalue weighted by molar-refractivity contribution is 8.13. The van der Waals surface area contributed by atoms with Gasteiger partial charge in [0.25, 0.3) is 5.91 Å². The summed E-state index contributed by atoms with van der Waals surface area (Å²) in [6.07, 6.45) is -1.04. The van der Waals surface area contributed by atoms with Crippen LogP contribution in [0.2, 0.25) is 0 Å². The zero-order valence-corrected chi connectivity index (χ0v) is 23.4. The van der Waals surface area contributed by atoms with Gasteiger partial charge in [-0.3, -0.25) is 14.3 Å². The van der Waals surface area contributed by atoms with E-state index in [-0.39, 0.29) is 53.4 Å². The molecule has 1 aromatic carbocycles. The number of nitrogens with zero attached hydrogens (tertiary/aromatic N) is 4. The quantitative estimate of drug-likeness (QED) is 0.284. The van der Waals surface area contributed by atoms with Gasteiger partial charge in [-0.05, 0) is 36.9 Å². The Hall–Kier alpha value is -4.01. The largest absolute Gasteiger partial charge is 0.573 e. The molecule has 15 heteroatoms. The fourth-order valence-corrected chi connectivity index (χ4v) is 4.99. The molecule has 4 rings (SSSR count). The molecular formula is C27H28F5N5O4S. The molecule has 0 radical (unpaired) electrons. The molecule has 9 nitrogen and oxygen atoms in total. The molecule has 1 fully saturated rings. The molecule has 3 aromatic rings. The van der Waals surface area contributed by atoms with Gasteiger partial charge >= 0.3 is 6.36 Å². The highest BCUT2D eigenvalue weighted by Crippen LogP contribution is 2.29. The van der Waals surface area contributed by atoms with Crippen molar-refractivity contribution in [2.75, 3.05) is 19.3 Å². The van der Waals surface area contributed by atoms with Gasteiger partial charge in [0, 0.05) is 36.5 Å². The van der Waals surface area contributed by atoms with Gasteiger partial charge in [0.05, 0.1) is 25.0 Å². The summed E-state index contributed by atoms with van der Waals surface area (Å²) in [6, 6.07) is 4.16. The van der Waals surface area contributed by atoms with Gasteiger partial charge in [-0.15, -0.1) is 13.2 Å². The zero-order valence-electron chi connectivity index (χ0n) is 22.6. The van der Waals surface area contributed by atoms with E-state index in [9.17, 15) is 27.2 Å². The van der Waals surface area contributed by atoms with Crippen LogP contribution in [0.4, 0.5) is 22.0 Å².